The minimum atomic E-state index is -0.258. The third-order valence-corrected chi connectivity index (χ3v) is 8.38. The summed E-state index contributed by atoms with van der Waals surface area (Å²) >= 11 is 0. The first-order valence-corrected chi connectivity index (χ1v) is 10.9. The molecule has 1 aromatic carbocycles. The van der Waals surface area contributed by atoms with Crippen LogP contribution in [0.25, 0.3) is 0 Å². The second kappa shape index (κ2) is 6.40. The van der Waals surface area contributed by atoms with Crippen molar-refractivity contribution < 1.29 is 9.18 Å². The third-order valence-electron chi connectivity index (χ3n) is 8.38. The van der Waals surface area contributed by atoms with E-state index in [4.69, 9.17) is 0 Å². The first-order valence-electron chi connectivity index (χ1n) is 10.9. The van der Waals surface area contributed by atoms with Crippen molar-refractivity contribution in [3.63, 3.8) is 0 Å². The van der Waals surface area contributed by atoms with Gasteiger partial charge in [-0.05, 0) is 87.3 Å². The van der Waals surface area contributed by atoms with Gasteiger partial charge in [0, 0.05) is 17.3 Å². The van der Waals surface area contributed by atoms with Crippen LogP contribution in [0.1, 0.15) is 63.4 Å². The number of Topliss-reactive ketones (excluding diaryl/α,β-unsaturated/α-hetero) is 1. The first kappa shape index (κ1) is 17.8. The summed E-state index contributed by atoms with van der Waals surface area (Å²) in [6, 6.07) is 10.7. The third kappa shape index (κ3) is 2.88. The number of hydrogen-bond acceptors (Lipinski definition) is 2. The average Bonchev–Trinajstić information content (AvgIpc) is 2.68. The van der Waals surface area contributed by atoms with Crippen LogP contribution in [0.2, 0.25) is 0 Å². The summed E-state index contributed by atoms with van der Waals surface area (Å²) in [4.78, 5) is 13.7. The van der Waals surface area contributed by atoms with Gasteiger partial charge in [-0.2, -0.15) is 0 Å². The van der Waals surface area contributed by atoms with Crippen molar-refractivity contribution in [3.05, 3.63) is 35.9 Å². The molecule has 3 heteroatoms. The highest BCUT2D eigenvalue weighted by Crippen LogP contribution is 2.70. The van der Waals surface area contributed by atoms with E-state index in [0.717, 1.165) is 70.9 Å². The van der Waals surface area contributed by atoms with Crippen LogP contribution in [0.4, 0.5) is 4.39 Å². The summed E-state index contributed by atoms with van der Waals surface area (Å²) in [5.41, 5.74) is 0.868. The molecule has 1 aromatic rings. The normalized spacial score (nSPS) is 41.0. The van der Waals surface area contributed by atoms with Crippen molar-refractivity contribution in [2.45, 2.75) is 63.2 Å². The number of rotatable bonds is 5. The summed E-state index contributed by atoms with van der Waals surface area (Å²) < 4.78 is 14.4. The standard InChI is InChI=1S/C24H32FNO/c25-17-22-11-19-12-23(14-22,20-4-2-1-3-5-20)16-24(13-19,15-22)21(27)10-18-6-8-26-9-7-18/h1-5,18-19,26H,6-17H2/t19?,22-,23+,24?/m0/s1. The van der Waals surface area contributed by atoms with Gasteiger partial charge in [0.1, 0.15) is 5.78 Å². The van der Waals surface area contributed by atoms with Gasteiger partial charge in [-0.25, -0.2) is 0 Å². The summed E-state index contributed by atoms with van der Waals surface area (Å²) in [5.74, 6) is 1.52. The molecule has 2 unspecified atom stereocenters. The first-order chi connectivity index (χ1) is 13.1. The maximum atomic E-state index is 14.4. The lowest BCUT2D eigenvalue weighted by Crippen LogP contribution is -2.61. The van der Waals surface area contributed by atoms with Gasteiger partial charge in [0.2, 0.25) is 0 Å². The Bertz CT molecular complexity index is 714. The fourth-order valence-corrected chi connectivity index (χ4v) is 7.78. The highest BCUT2D eigenvalue weighted by atomic mass is 19.1. The van der Waals surface area contributed by atoms with Crippen LogP contribution in [0.5, 0.6) is 0 Å². The SMILES string of the molecule is O=C(CC1CCNCC1)C12CC3C[C@@](CF)(C1)C[C@](c1ccccc1)(C3)C2. The quantitative estimate of drug-likeness (QED) is 0.806. The van der Waals surface area contributed by atoms with E-state index < -0.39 is 0 Å². The second-order valence-electron chi connectivity index (χ2n) is 10.4. The van der Waals surface area contributed by atoms with Gasteiger partial charge in [-0.15, -0.1) is 0 Å². The lowest BCUT2D eigenvalue weighted by Gasteiger charge is -2.66. The molecule has 0 spiro atoms. The van der Waals surface area contributed by atoms with Crippen LogP contribution in [0.15, 0.2) is 30.3 Å². The zero-order valence-corrected chi connectivity index (χ0v) is 16.3. The number of alkyl halides is 1. The molecule has 0 amide bonds. The molecule has 1 heterocycles. The molecule has 27 heavy (non-hydrogen) atoms. The van der Waals surface area contributed by atoms with E-state index in [1.807, 2.05) is 0 Å². The van der Waals surface area contributed by atoms with Crippen molar-refractivity contribution in [3.8, 4) is 0 Å². The minimum absolute atomic E-state index is 0.0244. The highest BCUT2D eigenvalue weighted by molar-refractivity contribution is 5.86. The Morgan fingerprint density at radius 1 is 1.04 bits per heavy atom. The van der Waals surface area contributed by atoms with Gasteiger partial charge < -0.3 is 5.32 Å². The predicted molar refractivity (Wildman–Crippen MR) is 105 cm³/mol. The van der Waals surface area contributed by atoms with Crippen molar-refractivity contribution in [1.29, 1.82) is 0 Å². The van der Waals surface area contributed by atoms with Crippen LogP contribution in [-0.2, 0) is 10.2 Å². The number of hydrogen-bond donors (Lipinski definition) is 1. The lowest BCUT2D eigenvalue weighted by molar-refractivity contribution is -0.164. The Balaban J connectivity index is 1.48. The number of piperidine rings is 1. The minimum Gasteiger partial charge on any atom is -0.317 e. The summed E-state index contributed by atoms with van der Waals surface area (Å²) in [7, 11) is 0. The molecule has 1 N–H and O–H groups in total. The largest absolute Gasteiger partial charge is 0.317 e. The fraction of sp³-hybridized carbons (Fsp3) is 0.708. The van der Waals surface area contributed by atoms with Crippen LogP contribution in [-0.4, -0.2) is 25.5 Å². The number of nitrogens with one attached hydrogen (secondary N) is 1. The smallest absolute Gasteiger partial charge is 0.139 e. The van der Waals surface area contributed by atoms with Gasteiger partial charge in [-0.1, -0.05) is 30.3 Å². The summed E-state index contributed by atoms with van der Waals surface area (Å²) in [6.07, 6.45) is 8.85. The van der Waals surface area contributed by atoms with E-state index in [-0.39, 0.29) is 22.9 Å². The molecule has 5 fully saturated rings. The van der Waals surface area contributed by atoms with Crippen LogP contribution >= 0.6 is 0 Å². The van der Waals surface area contributed by atoms with E-state index in [2.05, 4.69) is 35.6 Å². The molecule has 0 radical (unpaired) electrons. The van der Waals surface area contributed by atoms with Gasteiger partial charge in [0.05, 0.1) is 6.67 Å². The van der Waals surface area contributed by atoms with Crippen LogP contribution in [0.3, 0.4) is 0 Å². The number of carbonyl (C=O) groups is 1. The maximum absolute atomic E-state index is 14.4. The van der Waals surface area contributed by atoms with Crippen molar-refractivity contribution >= 4 is 5.78 Å². The molecule has 0 aromatic heterocycles. The highest BCUT2D eigenvalue weighted by Gasteiger charge is 2.65. The van der Waals surface area contributed by atoms with Crippen LogP contribution < -0.4 is 5.32 Å². The van der Waals surface area contributed by atoms with Gasteiger partial charge in [0.15, 0.2) is 0 Å². The fourth-order valence-electron chi connectivity index (χ4n) is 7.78. The zero-order chi connectivity index (χ0) is 18.5. The number of benzene rings is 1. The second-order valence-corrected chi connectivity index (χ2v) is 10.4. The van der Waals surface area contributed by atoms with Crippen molar-refractivity contribution in [2.75, 3.05) is 19.8 Å². The lowest BCUT2D eigenvalue weighted by atomic mass is 9.38. The average molecular weight is 370 g/mol. The van der Waals surface area contributed by atoms with Gasteiger partial charge in [0.25, 0.3) is 0 Å². The topological polar surface area (TPSA) is 29.1 Å². The summed E-state index contributed by atoms with van der Waals surface area (Å²) in [6.45, 7) is 1.83. The Kier molecular flexibility index (Phi) is 4.23. The molecule has 1 saturated heterocycles. The molecule has 2 nitrogen and oxygen atoms in total. The molecule has 4 atom stereocenters. The number of halogens is 1. The van der Waals surface area contributed by atoms with E-state index in [1.54, 1.807) is 0 Å². The molecule has 4 saturated carbocycles. The zero-order valence-electron chi connectivity index (χ0n) is 16.3. The van der Waals surface area contributed by atoms with E-state index in [9.17, 15) is 9.18 Å². The molecule has 146 valence electrons. The molecule has 4 aliphatic carbocycles. The van der Waals surface area contributed by atoms with Crippen molar-refractivity contribution in [1.82, 2.24) is 5.32 Å². The Hall–Kier alpha value is -1.22. The number of carbonyl (C=O) groups excluding carboxylic acids is 1. The molecule has 5 aliphatic rings. The predicted octanol–water partition coefficient (Wildman–Crippen LogP) is 4.82. The van der Waals surface area contributed by atoms with Gasteiger partial charge in [-0.3, -0.25) is 9.18 Å². The van der Waals surface area contributed by atoms with E-state index in [0.29, 0.717) is 17.6 Å². The number of ketones is 1. The summed E-state index contributed by atoms with van der Waals surface area (Å²) in [5, 5.41) is 3.41. The molecule has 6 rings (SSSR count). The van der Waals surface area contributed by atoms with Crippen molar-refractivity contribution in [2.24, 2.45) is 22.7 Å². The monoisotopic (exact) mass is 369 g/mol. The van der Waals surface area contributed by atoms with Gasteiger partial charge >= 0.3 is 0 Å². The molecular weight excluding hydrogens is 337 g/mol. The maximum Gasteiger partial charge on any atom is 0.139 e. The Morgan fingerprint density at radius 2 is 1.81 bits per heavy atom. The Morgan fingerprint density at radius 3 is 2.56 bits per heavy atom. The van der Waals surface area contributed by atoms with E-state index >= 15 is 0 Å². The molecule has 4 bridgehead atoms. The molecule has 1 aliphatic heterocycles. The van der Waals surface area contributed by atoms with Crippen LogP contribution in [0, 0.1) is 22.7 Å². The molecular formula is C24H32FNO. The van der Waals surface area contributed by atoms with E-state index in [1.165, 1.54) is 5.56 Å². The Labute approximate surface area is 162 Å².